The molecule has 0 N–H and O–H groups in total. The zero-order chi connectivity index (χ0) is 18.7. The topological polar surface area (TPSA) is 32.8 Å². The predicted molar refractivity (Wildman–Crippen MR) is 96.2 cm³/mol. The maximum absolute atomic E-state index is 13.7. The molecule has 0 saturated carbocycles. The molecule has 26 heavy (non-hydrogen) atoms. The Labute approximate surface area is 154 Å². The molecular weight excluding hydrogens is 338 g/mol. The van der Waals surface area contributed by atoms with Crippen LogP contribution < -0.4 is 0 Å². The zero-order valence-electron chi connectivity index (χ0n) is 15.6. The molecule has 0 aliphatic carbocycles. The zero-order valence-corrected chi connectivity index (χ0v) is 15.6. The number of halogens is 2. The van der Waals surface area contributed by atoms with Crippen LogP contribution in [0, 0.1) is 24.5 Å². The first-order valence-electron chi connectivity index (χ1n) is 9.54. The fourth-order valence-electron chi connectivity index (χ4n) is 3.99. The Bertz CT molecular complexity index is 647. The highest BCUT2D eigenvalue weighted by molar-refractivity contribution is 5.95. The molecule has 2 fully saturated rings. The van der Waals surface area contributed by atoms with Crippen molar-refractivity contribution >= 4 is 5.91 Å². The van der Waals surface area contributed by atoms with Crippen molar-refractivity contribution in [1.29, 1.82) is 0 Å². The molecule has 1 amide bonds. The number of likely N-dealkylation sites (tertiary alicyclic amines) is 1. The minimum atomic E-state index is -0.983. The van der Waals surface area contributed by atoms with E-state index in [0.29, 0.717) is 25.3 Å². The van der Waals surface area contributed by atoms with Crippen molar-refractivity contribution in [3.05, 3.63) is 34.9 Å². The number of amides is 1. The minimum absolute atomic E-state index is 0.000109. The second kappa shape index (κ2) is 8.44. The molecule has 0 bridgehead atoms. The second-order valence-electron chi connectivity index (χ2n) is 7.49. The Balaban J connectivity index is 1.72. The summed E-state index contributed by atoms with van der Waals surface area (Å²) in [5.41, 5.74) is 0.691. The van der Waals surface area contributed by atoms with Gasteiger partial charge < -0.3 is 14.5 Å². The second-order valence-corrected chi connectivity index (χ2v) is 7.49. The highest BCUT2D eigenvalue weighted by Crippen LogP contribution is 2.24. The maximum Gasteiger partial charge on any atom is 0.254 e. The summed E-state index contributed by atoms with van der Waals surface area (Å²) < 4.78 is 32.8. The minimum Gasteiger partial charge on any atom is -0.379 e. The highest BCUT2D eigenvalue weighted by atomic mass is 19.2. The van der Waals surface area contributed by atoms with Gasteiger partial charge >= 0.3 is 0 Å². The first-order valence-corrected chi connectivity index (χ1v) is 9.54. The summed E-state index contributed by atoms with van der Waals surface area (Å²) in [4.78, 5) is 17.3. The van der Waals surface area contributed by atoms with Gasteiger partial charge in [-0.15, -0.1) is 0 Å². The van der Waals surface area contributed by atoms with Gasteiger partial charge in [0.05, 0.1) is 13.2 Å². The van der Waals surface area contributed by atoms with Crippen LogP contribution in [0.15, 0.2) is 12.1 Å². The van der Waals surface area contributed by atoms with E-state index < -0.39 is 11.6 Å². The fourth-order valence-corrected chi connectivity index (χ4v) is 3.99. The number of aryl methyl sites for hydroxylation is 1. The molecule has 0 aromatic heterocycles. The number of rotatable bonds is 4. The van der Waals surface area contributed by atoms with Gasteiger partial charge in [0.25, 0.3) is 5.91 Å². The largest absolute Gasteiger partial charge is 0.379 e. The number of hydrogen-bond donors (Lipinski definition) is 0. The molecule has 2 heterocycles. The summed E-state index contributed by atoms with van der Waals surface area (Å²) in [7, 11) is 0. The molecule has 1 aromatic carbocycles. The van der Waals surface area contributed by atoms with Crippen LogP contribution >= 0.6 is 0 Å². The van der Waals surface area contributed by atoms with Gasteiger partial charge in [-0.3, -0.25) is 4.79 Å². The Hall–Kier alpha value is -1.53. The van der Waals surface area contributed by atoms with E-state index in [1.807, 2.05) is 6.92 Å². The van der Waals surface area contributed by atoms with E-state index in [4.69, 9.17) is 4.74 Å². The van der Waals surface area contributed by atoms with Crippen molar-refractivity contribution in [2.45, 2.75) is 39.2 Å². The van der Waals surface area contributed by atoms with Gasteiger partial charge in [0.15, 0.2) is 11.6 Å². The van der Waals surface area contributed by atoms with Gasteiger partial charge in [0.1, 0.15) is 0 Å². The van der Waals surface area contributed by atoms with Crippen molar-refractivity contribution < 1.29 is 18.3 Å². The fraction of sp³-hybridized carbons (Fsp3) is 0.650. The highest BCUT2D eigenvalue weighted by Gasteiger charge is 2.31. The maximum atomic E-state index is 13.7. The molecule has 2 aliphatic rings. The van der Waals surface area contributed by atoms with Gasteiger partial charge in [-0.25, -0.2) is 8.78 Å². The van der Waals surface area contributed by atoms with Crippen LogP contribution in [0.2, 0.25) is 0 Å². The summed E-state index contributed by atoms with van der Waals surface area (Å²) in [6, 6.07) is 2.11. The third-order valence-corrected chi connectivity index (χ3v) is 5.76. The van der Waals surface area contributed by atoms with Crippen molar-refractivity contribution in [1.82, 2.24) is 9.80 Å². The van der Waals surface area contributed by atoms with Crippen LogP contribution in [-0.4, -0.2) is 61.1 Å². The number of carbonyl (C=O) groups is 1. The van der Waals surface area contributed by atoms with Crippen molar-refractivity contribution in [2.24, 2.45) is 5.92 Å². The van der Waals surface area contributed by atoms with E-state index in [1.54, 1.807) is 11.8 Å². The lowest BCUT2D eigenvalue weighted by Gasteiger charge is -2.33. The van der Waals surface area contributed by atoms with Gasteiger partial charge in [-0.2, -0.15) is 0 Å². The Morgan fingerprint density at radius 1 is 1.19 bits per heavy atom. The van der Waals surface area contributed by atoms with E-state index in [0.717, 1.165) is 38.2 Å². The van der Waals surface area contributed by atoms with E-state index in [9.17, 15) is 13.6 Å². The summed E-state index contributed by atoms with van der Waals surface area (Å²) in [5.74, 6) is -1.91. The van der Waals surface area contributed by atoms with Crippen LogP contribution in [0.25, 0.3) is 0 Å². The van der Waals surface area contributed by atoms with Gasteiger partial charge in [-0.1, -0.05) is 0 Å². The molecule has 2 aliphatic heterocycles. The SMILES string of the molecule is Cc1cc(F)c(F)cc1C(=O)N1CCOC[C@@H](CCN2CCCC2)[C@@H]1C. The van der Waals surface area contributed by atoms with Crippen LogP contribution in [0.4, 0.5) is 8.78 Å². The number of hydrogen-bond acceptors (Lipinski definition) is 3. The standard InChI is InChI=1S/C20H28F2N2O2/c1-14-11-18(21)19(22)12-17(14)20(25)24-9-10-26-13-16(15(24)2)5-8-23-6-3-4-7-23/h11-12,15-16H,3-10,13H2,1-2H3/t15-,16+/m0/s1. The van der Waals surface area contributed by atoms with E-state index >= 15 is 0 Å². The number of ether oxygens (including phenoxy) is 1. The summed E-state index contributed by atoms with van der Waals surface area (Å²) >= 11 is 0. The molecule has 6 heteroatoms. The predicted octanol–water partition coefficient (Wildman–Crippen LogP) is 3.24. The van der Waals surface area contributed by atoms with Crippen molar-refractivity contribution in [2.75, 3.05) is 39.4 Å². The normalized spacial score (nSPS) is 24.7. The molecule has 0 unspecified atom stereocenters. The smallest absolute Gasteiger partial charge is 0.254 e. The van der Waals surface area contributed by atoms with Gasteiger partial charge in [0.2, 0.25) is 0 Å². The number of nitrogens with zero attached hydrogens (tertiary/aromatic N) is 2. The summed E-state index contributed by atoms with van der Waals surface area (Å²) in [6.07, 6.45) is 3.50. The summed E-state index contributed by atoms with van der Waals surface area (Å²) in [6.45, 7) is 8.57. The Morgan fingerprint density at radius 3 is 2.62 bits per heavy atom. The lowest BCUT2D eigenvalue weighted by molar-refractivity contribution is 0.0651. The Kier molecular flexibility index (Phi) is 6.24. The first kappa shape index (κ1) is 19.2. The molecule has 3 rings (SSSR count). The summed E-state index contributed by atoms with van der Waals surface area (Å²) in [5, 5.41) is 0. The molecule has 0 radical (unpaired) electrons. The number of benzene rings is 1. The lowest BCUT2D eigenvalue weighted by atomic mass is 9.95. The quantitative estimate of drug-likeness (QED) is 0.820. The third kappa shape index (κ3) is 4.23. The van der Waals surface area contributed by atoms with Crippen LogP contribution in [0.3, 0.4) is 0 Å². The van der Waals surface area contributed by atoms with Crippen molar-refractivity contribution in [3.8, 4) is 0 Å². The van der Waals surface area contributed by atoms with Gasteiger partial charge in [0, 0.05) is 24.1 Å². The third-order valence-electron chi connectivity index (χ3n) is 5.76. The molecular formula is C20H28F2N2O2. The Morgan fingerprint density at radius 2 is 1.88 bits per heavy atom. The van der Waals surface area contributed by atoms with Gasteiger partial charge in [-0.05, 0) is 70.4 Å². The van der Waals surface area contributed by atoms with E-state index in [2.05, 4.69) is 4.90 Å². The van der Waals surface area contributed by atoms with Crippen LogP contribution in [0.1, 0.15) is 42.1 Å². The average molecular weight is 366 g/mol. The van der Waals surface area contributed by atoms with E-state index in [1.165, 1.54) is 12.8 Å². The monoisotopic (exact) mass is 366 g/mol. The number of carbonyl (C=O) groups excluding carboxylic acids is 1. The molecule has 2 atom stereocenters. The first-order chi connectivity index (χ1) is 12.5. The van der Waals surface area contributed by atoms with Crippen LogP contribution in [-0.2, 0) is 4.74 Å². The molecule has 1 aromatic rings. The van der Waals surface area contributed by atoms with Crippen LogP contribution in [0.5, 0.6) is 0 Å². The lowest BCUT2D eigenvalue weighted by Crippen LogP contribution is -2.44. The molecule has 0 spiro atoms. The van der Waals surface area contributed by atoms with E-state index in [-0.39, 0.29) is 23.4 Å². The molecule has 2 saturated heterocycles. The van der Waals surface area contributed by atoms with Crippen molar-refractivity contribution in [3.63, 3.8) is 0 Å². The molecule has 144 valence electrons. The average Bonchev–Trinajstić information content (AvgIpc) is 3.06. The molecule has 4 nitrogen and oxygen atoms in total.